The van der Waals surface area contributed by atoms with Gasteiger partial charge in [-0.05, 0) is 18.4 Å². The van der Waals surface area contributed by atoms with Gasteiger partial charge in [-0.2, -0.15) is 0 Å². The molecule has 1 aromatic rings. The number of morpholine rings is 1. The third-order valence-electron chi connectivity index (χ3n) is 4.31. The summed E-state index contributed by atoms with van der Waals surface area (Å²) >= 11 is 0. The minimum absolute atomic E-state index is 0.484. The van der Waals surface area contributed by atoms with Crippen molar-refractivity contribution in [3.63, 3.8) is 0 Å². The summed E-state index contributed by atoms with van der Waals surface area (Å²) in [7, 11) is 0. The van der Waals surface area contributed by atoms with Gasteiger partial charge in [0.25, 0.3) is 0 Å². The smallest absolute Gasteiger partial charge is 0.0620 e. The molecule has 2 aliphatic rings. The van der Waals surface area contributed by atoms with E-state index >= 15 is 0 Å². The van der Waals surface area contributed by atoms with Crippen LogP contribution in [0.4, 0.5) is 0 Å². The van der Waals surface area contributed by atoms with Crippen LogP contribution < -0.4 is 5.32 Å². The fraction of sp³-hybridized carbons (Fsp3) is 0.647. The Labute approximate surface area is 127 Å². The van der Waals surface area contributed by atoms with E-state index in [1.165, 1.54) is 5.56 Å². The van der Waals surface area contributed by atoms with Gasteiger partial charge in [0.1, 0.15) is 0 Å². The van der Waals surface area contributed by atoms with Gasteiger partial charge in [0.15, 0.2) is 0 Å². The first-order valence-corrected chi connectivity index (χ1v) is 8.08. The molecule has 0 bridgehead atoms. The maximum Gasteiger partial charge on any atom is 0.0620 e. The summed E-state index contributed by atoms with van der Waals surface area (Å²) < 4.78 is 11.0. The van der Waals surface area contributed by atoms with Crippen LogP contribution >= 0.6 is 0 Å². The van der Waals surface area contributed by atoms with Gasteiger partial charge in [-0.15, -0.1) is 0 Å². The Kier molecular flexibility index (Phi) is 5.63. The maximum absolute atomic E-state index is 5.50. The highest BCUT2D eigenvalue weighted by Crippen LogP contribution is 2.10. The first kappa shape index (κ1) is 15.0. The molecule has 0 aliphatic carbocycles. The SMILES string of the molecule is c1ccc(CC(CN2CCOCC2)NC2CCOC2)cc1. The Morgan fingerprint density at radius 1 is 1.10 bits per heavy atom. The van der Waals surface area contributed by atoms with Gasteiger partial charge in [0, 0.05) is 38.3 Å². The number of hydrogen-bond acceptors (Lipinski definition) is 4. The van der Waals surface area contributed by atoms with E-state index < -0.39 is 0 Å². The zero-order chi connectivity index (χ0) is 14.3. The maximum atomic E-state index is 5.50. The van der Waals surface area contributed by atoms with E-state index in [1.807, 2.05) is 0 Å². The molecule has 4 nitrogen and oxygen atoms in total. The van der Waals surface area contributed by atoms with Crippen molar-refractivity contribution in [3.8, 4) is 0 Å². The van der Waals surface area contributed by atoms with E-state index in [0.29, 0.717) is 12.1 Å². The first-order valence-electron chi connectivity index (χ1n) is 8.08. The van der Waals surface area contributed by atoms with Crippen molar-refractivity contribution in [3.05, 3.63) is 35.9 Å². The lowest BCUT2D eigenvalue weighted by atomic mass is 10.0. The van der Waals surface area contributed by atoms with Crippen molar-refractivity contribution < 1.29 is 9.47 Å². The molecule has 0 spiro atoms. The van der Waals surface area contributed by atoms with Crippen LogP contribution in [0.1, 0.15) is 12.0 Å². The molecule has 4 heteroatoms. The second kappa shape index (κ2) is 7.90. The molecule has 0 aromatic heterocycles. The van der Waals surface area contributed by atoms with E-state index in [-0.39, 0.29) is 0 Å². The molecule has 2 aliphatic heterocycles. The number of rotatable bonds is 6. The molecule has 2 fully saturated rings. The van der Waals surface area contributed by atoms with Crippen LogP contribution in [0.2, 0.25) is 0 Å². The molecular formula is C17H26N2O2. The molecule has 2 atom stereocenters. The summed E-state index contributed by atoms with van der Waals surface area (Å²) in [4.78, 5) is 2.51. The van der Waals surface area contributed by atoms with E-state index in [9.17, 15) is 0 Å². The fourth-order valence-corrected chi connectivity index (χ4v) is 3.17. The zero-order valence-electron chi connectivity index (χ0n) is 12.7. The molecule has 0 saturated carbocycles. The summed E-state index contributed by atoms with van der Waals surface area (Å²) in [6, 6.07) is 11.8. The van der Waals surface area contributed by atoms with Gasteiger partial charge in [-0.25, -0.2) is 0 Å². The largest absolute Gasteiger partial charge is 0.380 e. The summed E-state index contributed by atoms with van der Waals surface area (Å²) in [6.45, 7) is 6.67. The number of nitrogens with zero attached hydrogens (tertiary/aromatic N) is 1. The van der Waals surface area contributed by atoms with Crippen molar-refractivity contribution >= 4 is 0 Å². The van der Waals surface area contributed by atoms with Crippen LogP contribution in [0.3, 0.4) is 0 Å². The van der Waals surface area contributed by atoms with Gasteiger partial charge < -0.3 is 14.8 Å². The van der Waals surface area contributed by atoms with Crippen LogP contribution in [0.15, 0.2) is 30.3 Å². The van der Waals surface area contributed by atoms with E-state index in [2.05, 4.69) is 40.5 Å². The summed E-state index contributed by atoms with van der Waals surface area (Å²) in [5, 5.41) is 3.80. The van der Waals surface area contributed by atoms with E-state index in [4.69, 9.17) is 9.47 Å². The van der Waals surface area contributed by atoms with E-state index in [0.717, 1.165) is 58.9 Å². The monoisotopic (exact) mass is 290 g/mol. The molecule has 1 aromatic carbocycles. The van der Waals surface area contributed by atoms with Crippen molar-refractivity contribution in [2.75, 3.05) is 46.1 Å². The number of hydrogen-bond donors (Lipinski definition) is 1. The number of benzene rings is 1. The Hall–Kier alpha value is -0.940. The van der Waals surface area contributed by atoms with Gasteiger partial charge in [-0.3, -0.25) is 4.90 Å². The van der Waals surface area contributed by atoms with Crippen LogP contribution in [-0.4, -0.2) is 63.0 Å². The van der Waals surface area contributed by atoms with Gasteiger partial charge in [0.2, 0.25) is 0 Å². The number of ether oxygens (including phenoxy) is 2. The molecule has 116 valence electrons. The third-order valence-corrected chi connectivity index (χ3v) is 4.31. The minimum atomic E-state index is 0.484. The average Bonchev–Trinajstić information content (AvgIpc) is 3.02. The highest BCUT2D eigenvalue weighted by molar-refractivity contribution is 5.16. The molecule has 0 radical (unpaired) electrons. The lowest BCUT2D eigenvalue weighted by Gasteiger charge is -2.32. The normalized spacial score (nSPS) is 25.0. The zero-order valence-corrected chi connectivity index (χ0v) is 12.7. The van der Waals surface area contributed by atoms with Crippen LogP contribution in [-0.2, 0) is 15.9 Å². The van der Waals surface area contributed by atoms with Gasteiger partial charge >= 0.3 is 0 Å². The predicted molar refractivity (Wildman–Crippen MR) is 83.6 cm³/mol. The Bertz CT molecular complexity index is 401. The molecule has 1 N–H and O–H groups in total. The Morgan fingerprint density at radius 3 is 2.62 bits per heavy atom. The van der Waals surface area contributed by atoms with Crippen LogP contribution in [0, 0.1) is 0 Å². The molecule has 0 amide bonds. The molecule has 21 heavy (non-hydrogen) atoms. The summed E-state index contributed by atoms with van der Waals surface area (Å²) in [5.74, 6) is 0. The first-order chi connectivity index (χ1) is 10.4. The summed E-state index contributed by atoms with van der Waals surface area (Å²) in [5.41, 5.74) is 1.40. The third kappa shape index (κ3) is 4.78. The second-order valence-corrected chi connectivity index (χ2v) is 6.03. The highest BCUT2D eigenvalue weighted by Gasteiger charge is 2.22. The van der Waals surface area contributed by atoms with Gasteiger partial charge in [-0.1, -0.05) is 30.3 Å². The Morgan fingerprint density at radius 2 is 1.90 bits per heavy atom. The molecule has 2 unspecified atom stereocenters. The van der Waals surface area contributed by atoms with Crippen LogP contribution in [0.25, 0.3) is 0 Å². The van der Waals surface area contributed by atoms with Crippen molar-refractivity contribution in [1.82, 2.24) is 10.2 Å². The van der Waals surface area contributed by atoms with Crippen LogP contribution in [0.5, 0.6) is 0 Å². The lowest BCUT2D eigenvalue weighted by Crippen LogP contribution is -2.49. The number of nitrogens with one attached hydrogen (secondary N) is 1. The predicted octanol–water partition coefficient (Wildman–Crippen LogP) is 1.31. The van der Waals surface area contributed by atoms with E-state index in [1.54, 1.807) is 0 Å². The summed E-state index contributed by atoms with van der Waals surface area (Å²) in [6.07, 6.45) is 2.21. The second-order valence-electron chi connectivity index (χ2n) is 6.03. The molecule has 2 saturated heterocycles. The van der Waals surface area contributed by atoms with Crippen molar-refractivity contribution in [1.29, 1.82) is 0 Å². The van der Waals surface area contributed by atoms with Gasteiger partial charge in [0.05, 0.1) is 19.8 Å². The van der Waals surface area contributed by atoms with Crippen molar-refractivity contribution in [2.24, 2.45) is 0 Å². The fourth-order valence-electron chi connectivity index (χ4n) is 3.17. The quantitative estimate of drug-likeness (QED) is 0.856. The topological polar surface area (TPSA) is 33.7 Å². The minimum Gasteiger partial charge on any atom is -0.380 e. The Balaban J connectivity index is 1.58. The highest BCUT2D eigenvalue weighted by atomic mass is 16.5. The molecule has 2 heterocycles. The molecule has 3 rings (SSSR count). The standard InChI is InChI=1S/C17H26N2O2/c1-2-4-15(5-3-1)12-17(18-16-6-9-21-14-16)13-19-7-10-20-11-8-19/h1-5,16-18H,6-14H2. The molecular weight excluding hydrogens is 264 g/mol. The van der Waals surface area contributed by atoms with Crippen molar-refractivity contribution in [2.45, 2.75) is 24.9 Å². The average molecular weight is 290 g/mol. The lowest BCUT2D eigenvalue weighted by molar-refractivity contribution is 0.0328.